The molecule has 0 N–H and O–H groups in total. The summed E-state index contributed by atoms with van der Waals surface area (Å²) in [7, 11) is 0.462. The molecule has 0 heterocycles. The van der Waals surface area contributed by atoms with E-state index >= 15 is 0 Å². The zero-order chi connectivity index (χ0) is 4.99. The van der Waals surface area contributed by atoms with Crippen molar-refractivity contribution in [3.05, 3.63) is 12.7 Å². The van der Waals surface area contributed by atoms with Crippen LogP contribution in [0.25, 0.3) is 0 Å². The molecule has 2 nitrogen and oxygen atoms in total. The fourth-order valence-electron chi connectivity index (χ4n) is 0.0833. The third-order valence-electron chi connectivity index (χ3n) is 0.368. The Labute approximate surface area is 75.5 Å². The Morgan fingerprint density at radius 1 is 1.86 bits per heavy atom. The van der Waals surface area contributed by atoms with E-state index in [0.717, 1.165) is 6.08 Å². The SMILES string of the molecule is C=CC(=O)O[SiH3].[CaH2]. The molecule has 7 heavy (non-hydrogen) atoms. The molecule has 38 valence electrons. The van der Waals surface area contributed by atoms with Crippen molar-refractivity contribution in [3.8, 4) is 0 Å². The summed E-state index contributed by atoms with van der Waals surface area (Å²) in [5.74, 6) is -0.332. The molecule has 0 bridgehead atoms. The molecule has 0 aliphatic heterocycles. The van der Waals surface area contributed by atoms with Gasteiger partial charge in [-0.25, -0.2) is 4.79 Å². The van der Waals surface area contributed by atoms with Crippen LogP contribution in [0.1, 0.15) is 0 Å². The molecule has 0 rings (SSSR count). The zero-order valence-corrected chi connectivity index (χ0v) is 5.60. The van der Waals surface area contributed by atoms with Gasteiger partial charge < -0.3 is 4.43 Å². The van der Waals surface area contributed by atoms with Crippen molar-refractivity contribution in [1.29, 1.82) is 0 Å². The summed E-state index contributed by atoms with van der Waals surface area (Å²) in [4.78, 5) is 9.88. The fourth-order valence-corrected chi connectivity index (χ4v) is 0.250. The molecule has 0 amide bonds. The minimum atomic E-state index is -0.332. The van der Waals surface area contributed by atoms with Crippen LogP contribution in [-0.4, -0.2) is 54.2 Å². The number of rotatable bonds is 1. The van der Waals surface area contributed by atoms with Crippen LogP contribution in [0.15, 0.2) is 12.7 Å². The second-order valence-electron chi connectivity index (χ2n) is 0.727. The van der Waals surface area contributed by atoms with Gasteiger partial charge in [-0.15, -0.1) is 0 Å². The molecule has 0 aliphatic rings. The second-order valence-corrected chi connectivity index (χ2v) is 1.14. The molecule has 0 atom stereocenters. The average Bonchev–Trinajstić information content (AvgIpc) is 1.65. The topological polar surface area (TPSA) is 26.3 Å². The molecule has 0 aromatic carbocycles. The Balaban J connectivity index is 0. The molecule has 0 aromatic heterocycles. The molecule has 0 aromatic rings. The Hall–Kier alpha value is 0.687. The van der Waals surface area contributed by atoms with E-state index in [9.17, 15) is 4.79 Å². The Morgan fingerprint density at radius 3 is 2.29 bits per heavy atom. The third kappa shape index (κ3) is 6.69. The monoisotopic (exact) mass is 144 g/mol. The van der Waals surface area contributed by atoms with Crippen LogP contribution in [0.4, 0.5) is 0 Å². The van der Waals surface area contributed by atoms with E-state index in [1.165, 1.54) is 0 Å². The molecular weight excluding hydrogens is 136 g/mol. The normalized spacial score (nSPS) is 6.29. The Kier molecular flexibility index (Phi) is 10.2. The third-order valence-corrected chi connectivity index (χ3v) is 0.770. The zero-order valence-electron chi connectivity index (χ0n) is 3.60. The number of hydrogen-bond donors (Lipinski definition) is 0. The fraction of sp³-hybridized carbons (Fsp3) is 0. The van der Waals surface area contributed by atoms with Gasteiger partial charge >= 0.3 is 43.7 Å². The van der Waals surface area contributed by atoms with E-state index < -0.39 is 0 Å². The maximum absolute atomic E-state index is 9.88. The van der Waals surface area contributed by atoms with Gasteiger partial charge in [0.15, 0.2) is 0 Å². The summed E-state index contributed by atoms with van der Waals surface area (Å²) in [6, 6.07) is 0. The van der Waals surface area contributed by atoms with E-state index in [1.807, 2.05) is 0 Å². The van der Waals surface area contributed by atoms with Crippen molar-refractivity contribution in [2.24, 2.45) is 0 Å². The van der Waals surface area contributed by atoms with E-state index in [-0.39, 0.29) is 43.7 Å². The quantitative estimate of drug-likeness (QED) is 0.317. The Morgan fingerprint density at radius 2 is 2.29 bits per heavy atom. The molecule has 0 spiro atoms. The number of hydrogen-bond acceptors (Lipinski definition) is 2. The van der Waals surface area contributed by atoms with Gasteiger partial charge in [-0.3, -0.25) is 0 Å². The predicted octanol–water partition coefficient (Wildman–Crippen LogP) is -1.92. The molecule has 0 aliphatic carbocycles. The molecule has 0 saturated heterocycles. The molecular formula is C3H8CaO2Si. The van der Waals surface area contributed by atoms with Gasteiger partial charge in [0.05, 0.1) is 0 Å². The number of carbonyl (C=O) groups excluding carboxylic acids is 1. The summed E-state index contributed by atoms with van der Waals surface area (Å²) in [6.45, 7) is 3.18. The molecule has 0 unspecified atom stereocenters. The van der Waals surface area contributed by atoms with Crippen LogP contribution in [0, 0.1) is 0 Å². The van der Waals surface area contributed by atoms with E-state index in [2.05, 4.69) is 11.0 Å². The molecule has 0 radical (unpaired) electrons. The molecule has 4 heteroatoms. The van der Waals surface area contributed by atoms with Crippen molar-refractivity contribution in [2.45, 2.75) is 0 Å². The van der Waals surface area contributed by atoms with Crippen molar-refractivity contribution < 1.29 is 9.22 Å². The van der Waals surface area contributed by atoms with Gasteiger partial charge in [-0.05, 0) is 0 Å². The van der Waals surface area contributed by atoms with Gasteiger partial charge in [0.1, 0.15) is 0 Å². The van der Waals surface area contributed by atoms with Gasteiger partial charge in [0.25, 0.3) is 0 Å². The first-order valence-electron chi connectivity index (χ1n) is 1.51. The second kappa shape index (κ2) is 6.69. The molecule has 0 fully saturated rings. The first-order valence-corrected chi connectivity index (χ1v) is 2.33. The van der Waals surface area contributed by atoms with Crippen molar-refractivity contribution in [1.82, 2.24) is 0 Å². The predicted molar refractivity (Wildman–Crippen MR) is 34.8 cm³/mol. The van der Waals surface area contributed by atoms with Crippen molar-refractivity contribution in [2.75, 3.05) is 0 Å². The standard InChI is InChI=1S/C3H6O2Si.Ca.2H/c1-2-3(4)5-6;;;/h2H,1H2,6H3;;;. The van der Waals surface area contributed by atoms with Crippen LogP contribution >= 0.6 is 0 Å². The van der Waals surface area contributed by atoms with Crippen LogP contribution in [0.2, 0.25) is 0 Å². The van der Waals surface area contributed by atoms with Crippen LogP contribution in [-0.2, 0) is 9.22 Å². The van der Waals surface area contributed by atoms with Crippen LogP contribution < -0.4 is 0 Å². The summed E-state index contributed by atoms with van der Waals surface area (Å²) >= 11 is 0. The van der Waals surface area contributed by atoms with Gasteiger partial charge in [0.2, 0.25) is 10.5 Å². The minimum absolute atomic E-state index is 0. The number of carbonyl (C=O) groups is 1. The van der Waals surface area contributed by atoms with Gasteiger partial charge in [-0.2, -0.15) is 0 Å². The van der Waals surface area contributed by atoms with E-state index in [1.54, 1.807) is 0 Å². The summed E-state index contributed by atoms with van der Waals surface area (Å²) < 4.78 is 4.28. The summed E-state index contributed by atoms with van der Waals surface area (Å²) in [5.41, 5.74) is 0. The maximum atomic E-state index is 9.88. The first kappa shape index (κ1) is 10.6. The van der Waals surface area contributed by atoms with Gasteiger partial charge in [0, 0.05) is 6.08 Å². The van der Waals surface area contributed by atoms with Crippen LogP contribution in [0.5, 0.6) is 0 Å². The van der Waals surface area contributed by atoms with Crippen LogP contribution in [0.3, 0.4) is 0 Å². The Bertz CT molecular complexity index is 73.3. The van der Waals surface area contributed by atoms with Gasteiger partial charge in [-0.1, -0.05) is 6.58 Å². The van der Waals surface area contributed by atoms with Crippen molar-refractivity contribution in [3.63, 3.8) is 0 Å². The summed E-state index contributed by atoms with van der Waals surface area (Å²) in [5, 5.41) is 0. The average molecular weight is 144 g/mol. The molecule has 0 saturated carbocycles. The van der Waals surface area contributed by atoms with Crippen molar-refractivity contribution >= 4 is 54.2 Å². The van der Waals surface area contributed by atoms with E-state index in [4.69, 9.17) is 0 Å². The summed E-state index contributed by atoms with van der Waals surface area (Å²) in [6.07, 6.45) is 1.15. The van der Waals surface area contributed by atoms with E-state index in [0.29, 0.717) is 10.5 Å². The first-order chi connectivity index (χ1) is 2.81.